The molecule has 0 aliphatic carbocycles. The van der Waals surface area contributed by atoms with E-state index in [0.717, 1.165) is 0 Å². The van der Waals surface area contributed by atoms with E-state index in [0.29, 0.717) is 39.8 Å². The predicted molar refractivity (Wildman–Crippen MR) is 126 cm³/mol. The summed E-state index contributed by atoms with van der Waals surface area (Å²) >= 11 is 6.18. The summed E-state index contributed by atoms with van der Waals surface area (Å²) in [6, 6.07) is 19.4. The van der Waals surface area contributed by atoms with Gasteiger partial charge in [-0.1, -0.05) is 68.8 Å². The molecule has 0 radical (unpaired) electrons. The molecule has 3 aromatic rings. The smallest absolute Gasteiger partial charge is 0.255 e. The lowest BCUT2D eigenvalue weighted by Gasteiger charge is -2.19. The first-order valence-corrected chi connectivity index (χ1v) is 10.6. The highest BCUT2D eigenvalue weighted by Crippen LogP contribution is 2.26. The molecule has 31 heavy (non-hydrogen) atoms. The molecule has 0 fully saturated rings. The van der Waals surface area contributed by atoms with Crippen molar-refractivity contribution in [3.05, 3.63) is 94.0 Å². The van der Waals surface area contributed by atoms with Crippen molar-refractivity contribution in [2.75, 3.05) is 11.9 Å². The molecule has 0 bridgehead atoms. The fraction of sp³-hybridized carbons (Fsp3) is 0.231. The first kappa shape index (κ1) is 22.6. The number of rotatable bonds is 6. The van der Waals surface area contributed by atoms with Crippen LogP contribution < -0.4 is 10.1 Å². The molecule has 4 nitrogen and oxygen atoms in total. The van der Waals surface area contributed by atoms with E-state index in [2.05, 4.69) is 26.1 Å². The Morgan fingerprint density at radius 3 is 2.19 bits per heavy atom. The molecule has 0 atom stereocenters. The maximum atomic E-state index is 12.9. The minimum Gasteiger partial charge on any atom is -0.492 e. The fourth-order valence-electron chi connectivity index (χ4n) is 3.14. The third-order valence-electron chi connectivity index (χ3n) is 4.89. The molecule has 0 spiro atoms. The second-order valence-electron chi connectivity index (χ2n) is 8.27. The zero-order valence-corrected chi connectivity index (χ0v) is 18.9. The average molecular weight is 436 g/mol. The zero-order valence-electron chi connectivity index (χ0n) is 18.2. The molecule has 0 heterocycles. The molecule has 1 amide bonds. The predicted octanol–water partition coefficient (Wildman–Crippen LogP) is 6.52. The molecule has 3 rings (SSSR count). The van der Waals surface area contributed by atoms with Crippen molar-refractivity contribution in [3.8, 4) is 5.75 Å². The lowest BCUT2D eigenvalue weighted by Crippen LogP contribution is -2.13. The van der Waals surface area contributed by atoms with Crippen LogP contribution in [-0.4, -0.2) is 18.3 Å². The quantitative estimate of drug-likeness (QED) is 0.448. The number of ether oxygens (including phenoxy) is 1. The van der Waals surface area contributed by atoms with Gasteiger partial charge in [0.2, 0.25) is 0 Å². The molecule has 3 aromatic carbocycles. The summed E-state index contributed by atoms with van der Waals surface area (Å²) in [6.45, 7) is 8.75. The molecular weight excluding hydrogens is 410 g/mol. The Morgan fingerprint density at radius 2 is 1.58 bits per heavy atom. The maximum Gasteiger partial charge on any atom is 0.255 e. The van der Waals surface area contributed by atoms with Crippen LogP contribution in [0, 0.1) is 0 Å². The van der Waals surface area contributed by atoms with Gasteiger partial charge >= 0.3 is 0 Å². The second-order valence-corrected chi connectivity index (χ2v) is 8.68. The number of benzene rings is 3. The molecule has 1 N–H and O–H groups in total. The number of anilines is 1. The molecule has 5 heteroatoms. The van der Waals surface area contributed by atoms with E-state index < -0.39 is 0 Å². The van der Waals surface area contributed by atoms with Crippen LogP contribution in [0.15, 0.2) is 66.7 Å². The van der Waals surface area contributed by atoms with Gasteiger partial charge in [0.05, 0.1) is 11.6 Å². The third kappa shape index (κ3) is 5.53. The summed E-state index contributed by atoms with van der Waals surface area (Å²) in [4.78, 5) is 25.5. The maximum absolute atomic E-state index is 12.9. The molecule has 160 valence electrons. The van der Waals surface area contributed by atoms with Crippen molar-refractivity contribution in [2.45, 2.75) is 33.1 Å². The van der Waals surface area contributed by atoms with Crippen molar-refractivity contribution < 1.29 is 14.3 Å². The molecule has 0 aliphatic rings. The number of halogens is 1. The first-order valence-electron chi connectivity index (χ1n) is 10.2. The van der Waals surface area contributed by atoms with E-state index in [9.17, 15) is 9.59 Å². The van der Waals surface area contributed by atoms with Crippen LogP contribution in [0.3, 0.4) is 0 Å². The average Bonchev–Trinajstić information content (AvgIpc) is 2.74. The standard InChI is InChI=1S/C26H26ClNO3/c1-5-31-23-14-11-19(16-22(23)27)25(30)28-21-8-6-7-18(15-21)24(29)17-9-12-20(13-10-17)26(2,3)4/h6-16H,5H2,1-4H3,(H,28,30). The highest BCUT2D eigenvalue weighted by Gasteiger charge is 2.16. The fourth-order valence-corrected chi connectivity index (χ4v) is 3.38. The second kappa shape index (κ2) is 9.36. The van der Waals surface area contributed by atoms with E-state index in [1.54, 1.807) is 42.5 Å². The highest BCUT2D eigenvalue weighted by atomic mass is 35.5. The minimum atomic E-state index is -0.316. The van der Waals surface area contributed by atoms with Crippen molar-refractivity contribution in [1.82, 2.24) is 0 Å². The lowest BCUT2D eigenvalue weighted by molar-refractivity contribution is 0.102. The van der Waals surface area contributed by atoms with Gasteiger partial charge in [-0.3, -0.25) is 9.59 Å². The summed E-state index contributed by atoms with van der Waals surface area (Å²) in [5.41, 5.74) is 3.24. The number of hydrogen-bond donors (Lipinski definition) is 1. The van der Waals surface area contributed by atoms with Crippen molar-refractivity contribution in [3.63, 3.8) is 0 Å². The van der Waals surface area contributed by atoms with Gasteiger partial charge in [0, 0.05) is 22.4 Å². The SMILES string of the molecule is CCOc1ccc(C(=O)Nc2cccc(C(=O)c3ccc(C(C)(C)C)cc3)c2)cc1Cl. The van der Waals surface area contributed by atoms with Gasteiger partial charge in [-0.2, -0.15) is 0 Å². The molecule has 0 aliphatic heterocycles. The van der Waals surface area contributed by atoms with Gasteiger partial charge in [0.1, 0.15) is 5.75 Å². The summed E-state index contributed by atoms with van der Waals surface area (Å²) in [5, 5.41) is 3.19. The number of amides is 1. The number of ketones is 1. The largest absolute Gasteiger partial charge is 0.492 e. The Morgan fingerprint density at radius 1 is 0.903 bits per heavy atom. The monoisotopic (exact) mass is 435 g/mol. The van der Waals surface area contributed by atoms with Gasteiger partial charge < -0.3 is 10.1 Å². The van der Waals surface area contributed by atoms with Crippen LogP contribution in [-0.2, 0) is 5.41 Å². The zero-order chi connectivity index (χ0) is 22.6. The third-order valence-corrected chi connectivity index (χ3v) is 5.19. The number of carbonyl (C=O) groups is 2. The summed E-state index contributed by atoms with van der Waals surface area (Å²) in [6.07, 6.45) is 0. The van der Waals surface area contributed by atoms with E-state index in [1.807, 2.05) is 31.2 Å². The van der Waals surface area contributed by atoms with Gasteiger partial charge in [-0.25, -0.2) is 0 Å². The van der Waals surface area contributed by atoms with E-state index in [-0.39, 0.29) is 17.1 Å². The number of hydrogen-bond acceptors (Lipinski definition) is 3. The first-order chi connectivity index (χ1) is 14.7. The van der Waals surface area contributed by atoms with Crippen LogP contribution in [0.5, 0.6) is 5.75 Å². The van der Waals surface area contributed by atoms with Crippen molar-refractivity contribution in [2.24, 2.45) is 0 Å². The minimum absolute atomic E-state index is 0.0234. The van der Waals surface area contributed by atoms with Gasteiger partial charge in [0.25, 0.3) is 5.91 Å². The molecule has 0 saturated heterocycles. The molecule has 0 unspecified atom stereocenters. The van der Waals surface area contributed by atoms with E-state index in [4.69, 9.17) is 16.3 Å². The van der Waals surface area contributed by atoms with Gasteiger partial charge in [-0.05, 0) is 48.2 Å². The Hall–Kier alpha value is -3.11. The van der Waals surface area contributed by atoms with Crippen LogP contribution in [0.2, 0.25) is 5.02 Å². The number of nitrogens with one attached hydrogen (secondary N) is 1. The van der Waals surface area contributed by atoms with E-state index >= 15 is 0 Å². The van der Waals surface area contributed by atoms with Crippen molar-refractivity contribution >= 4 is 29.0 Å². The van der Waals surface area contributed by atoms with Crippen molar-refractivity contribution in [1.29, 1.82) is 0 Å². The summed E-state index contributed by atoms with van der Waals surface area (Å²) in [7, 11) is 0. The Bertz CT molecular complexity index is 1100. The Balaban J connectivity index is 1.76. The Labute approximate surface area is 188 Å². The number of carbonyl (C=O) groups excluding carboxylic acids is 2. The van der Waals surface area contributed by atoms with Crippen LogP contribution >= 0.6 is 11.6 Å². The normalized spacial score (nSPS) is 11.1. The Kier molecular flexibility index (Phi) is 6.81. The van der Waals surface area contributed by atoms with E-state index in [1.165, 1.54) is 5.56 Å². The van der Waals surface area contributed by atoms with Gasteiger partial charge in [-0.15, -0.1) is 0 Å². The van der Waals surface area contributed by atoms with Gasteiger partial charge in [0.15, 0.2) is 5.78 Å². The van der Waals surface area contributed by atoms with Crippen LogP contribution in [0.1, 0.15) is 59.5 Å². The summed E-state index contributed by atoms with van der Waals surface area (Å²) in [5.74, 6) is 0.121. The highest BCUT2D eigenvalue weighted by molar-refractivity contribution is 6.32. The molecular formula is C26H26ClNO3. The topological polar surface area (TPSA) is 55.4 Å². The lowest BCUT2D eigenvalue weighted by atomic mass is 9.86. The van der Waals surface area contributed by atoms with Crippen LogP contribution in [0.25, 0.3) is 0 Å². The summed E-state index contributed by atoms with van der Waals surface area (Å²) < 4.78 is 5.40. The molecule has 0 aromatic heterocycles. The van der Waals surface area contributed by atoms with Crippen LogP contribution in [0.4, 0.5) is 5.69 Å². The molecule has 0 saturated carbocycles.